The summed E-state index contributed by atoms with van der Waals surface area (Å²) >= 11 is 0. The summed E-state index contributed by atoms with van der Waals surface area (Å²) in [5.41, 5.74) is 5.12. The third-order valence-corrected chi connectivity index (χ3v) is 6.15. The molecule has 0 aliphatic carbocycles. The van der Waals surface area contributed by atoms with E-state index in [-0.39, 0.29) is 29.5 Å². The number of carbonyl (C=O) groups is 1. The standard InChI is InChI=1S/C29H29NO6/c1-16-12-18(3)27-21(13-16)26(32)29(28(36-27)20-10-11-23(33-5)24(14-20)34-6)35-15-25(31)30-22-9-7-8-17(2)19(22)4/h7-14H,15H2,1-6H3,(H,30,31). The lowest BCUT2D eigenvalue weighted by Gasteiger charge is -2.15. The van der Waals surface area contributed by atoms with E-state index in [1.54, 1.807) is 31.4 Å². The van der Waals surface area contributed by atoms with Gasteiger partial charge in [-0.1, -0.05) is 18.2 Å². The van der Waals surface area contributed by atoms with Crippen LogP contribution in [0, 0.1) is 27.7 Å². The van der Waals surface area contributed by atoms with Crippen molar-refractivity contribution in [1.82, 2.24) is 0 Å². The van der Waals surface area contributed by atoms with Crippen molar-refractivity contribution >= 4 is 22.6 Å². The molecular weight excluding hydrogens is 458 g/mol. The molecule has 4 rings (SSSR count). The van der Waals surface area contributed by atoms with Gasteiger partial charge in [0.15, 0.2) is 23.9 Å². The second-order valence-corrected chi connectivity index (χ2v) is 8.70. The van der Waals surface area contributed by atoms with Gasteiger partial charge in [-0.25, -0.2) is 0 Å². The molecule has 0 atom stereocenters. The van der Waals surface area contributed by atoms with Crippen LogP contribution in [0.1, 0.15) is 22.3 Å². The number of fused-ring (bicyclic) bond motifs is 1. The smallest absolute Gasteiger partial charge is 0.262 e. The number of nitrogens with one attached hydrogen (secondary N) is 1. The van der Waals surface area contributed by atoms with Crippen molar-refractivity contribution in [2.75, 3.05) is 26.1 Å². The van der Waals surface area contributed by atoms with Crippen LogP contribution in [0.3, 0.4) is 0 Å². The van der Waals surface area contributed by atoms with Gasteiger partial charge in [0.1, 0.15) is 5.58 Å². The predicted octanol–water partition coefficient (Wildman–Crippen LogP) is 5.73. The molecule has 0 radical (unpaired) electrons. The van der Waals surface area contributed by atoms with E-state index >= 15 is 0 Å². The third-order valence-electron chi connectivity index (χ3n) is 6.15. The number of methoxy groups -OCH3 is 2. The number of anilines is 1. The fraction of sp³-hybridized carbons (Fsp3) is 0.241. The van der Waals surface area contributed by atoms with E-state index in [0.29, 0.717) is 33.7 Å². The van der Waals surface area contributed by atoms with Crippen LogP contribution in [-0.4, -0.2) is 26.7 Å². The molecule has 7 nitrogen and oxygen atoms in total. The Bertz CT molecular complexity index is 1520. The SMILES string of the molecule is COc1ccc(-c2oc3c(C)cc(C)cc3c(=O)c2OCC(=O)Nc2cccc(C)c2C)cc1OC. The van der Waals surface area contributed by atoms with E-state index in [1.807, 2.05) is 52.0 Å². The first kappa shape index (κ1) is 24.9. The molecule has 1 heterocycles. The number of carbonyl (C=O) groups excluding carboxylic acids is 1. The van der Waals surface area contributed by atoms with Gasteiger partial charge in [0.05, 0.1) is 19.6 Å². The zero-order chi connectivity index (χ0) is 26.0. The van der Waals surface area contributed by atoms with Gasteiger partial charge in [0.25, 0.3) is 5.91 Å². The largest absolute Gasteiger partial charge is 0.493 e. The molecule has 0 saturated carbocycles. The minimum atomic E-state index is -0.387. The minimum absolute atomic E-state index is 0.0455. The first-order chi connectivity index (χ1) is 17.2. The molecule has 0 fully saturated rings. The molecule has 0 bridgehead atoms. The summed E-state index contributed by atoms with van der Waals surface area (Å²) in [5.74, 6) is 0.779. The van der Waals surface area contributed by atoms with E-state index in [0.717, 1.165) is 22.3 Å². The van der Waals surface area contributed by atoms with Gasteiger partial charge in [-0.2, -0.15) is 0 Å². The number of rotatable bonds is 7. The predicted molar refractivity (Wildman–Crippen MR) is 141 cm³/mol. The van der Waals surface area contributed by atoms with Crippen LogP contribution >= 0.6 is 0 Å². The summed E-state index contributed by atoms with van der Waals surface area (Å²) in [7, 11) is 3.07. The molecule has 1 N–H and O–H groups in total. The maximum atomic E-state index is 13.6. The molecule has 0 saturated heterocycles. The summed E-state index contributed by atoms with van der Waals surface area (Å²) in [4.78, 5) is 26.4. The number of hydrogen-bond acceptors (Lipinski definition) is 6. The van der Waals surface area contributed by atoms with E-state index in [1.165, 1.54) is 7.11 Å². The minimum Gasteiger partial charge on any atom is -0.493 e. The molecule has 1 aromatic heterocycles. The molecule has 4 aromatic rings. The Balaban J connectivity index is 1.78. The van der Waals surface area contributed by atoms with Crippen LogP contribution in [0.2, 0.25) is 0 Å². The monoisotopic (exact) mass is 487 g/mol. The van der Waals surface area contributed by atoms with Gasteiger partial charge in [-0.3, -0.25) is 9.59 Å². The fourth-order valence-corrected chi connectivity index (χ4v) is 4.14. The molecule has 0 spiro atoms. The zero-order valence-electron chi connectivity index (χ0n) is 21.3. The summed E-state index contributed by atoms with van der Waals surface area (Å²) in [6.07, 6.45) is 0. The van der Waals surface area contributed by atoms with E-state index < -0.39 is 0 Å². The zero-order valence-corrected chi connectivity index (χ0v) is 21.3. The molecule has 36 heavy (non-hydrogen) atoms. The molecular formula is C29H29NO6. The maximum absolute atomic E-state index is 13.6. The van der Waals surface area contributed by atoms with Crippen LogP contribution in [-0.2, 0) is 4.79 Å². The first-order valence-electron chi connectivity index (χ1n) is 11.5. The first-order valence-corrected chi connectivity index (χ1v) is 11.5. The van der Waals surface area contributed by atoms with E-state index in [4.69, 9.17) is 18.6 Å². The second kappa shape index (κ2) is 10.2. The van der Waals surface area contributed by atoms with Crippen molar-refractivity contribution in [3.63, 3.8) is 0 Å². The van der Waals surface area contributed by atoms with E-state index in [2.05, 4.69) is 5.32 Å². The van der Waals surface area contributed by atoms with Crippen LogP contribution in [0.25, 0.3) is 22.3 Å². The number of amides is 1. The Labute approximate surface area is 209 Å². The van der Waals surface area contributed by atoms with Crippen molar-refractivity contribution in [1.29, 1.82) is 0 Å². The normalized spacial score (nSPS) is 10.8. The highest BCUT2D eigenvalue weighted by Gasteiger charge is 2.21. The number of ether oxygens (including phenoxy) is 3. The van der Waals surface area contributed by atoms with Crippen molar-refractivity contribution < 1.29 is 23.4 Å². The highest BCUT2D eigenvalue weighted by Crippen LogP contribution is 2.37. The lowest BCUT2D eigenvalue weighted by Crippen LogP contribution is -2.23. The second-order valence-electron chi connectivity index (χ2n) is 8.70. The Morgan fingerprint density at radius 1 is 0.917 bits per heavy atom. The van der Waals surface area contributed by atoms with Crippen molar-refractivity contribution in [2.24, 2.45) is 0 Å². The van der Waals surface area contributed by atoms with Gasteiger partial charge >= 0.3 is 0 Å². The summed E-state index contributed by atoms with van der Waals surface area (Å²) in [5, 5.41) is 3.25. The maximum Gasteiger partial charge on any atom is 0.262 e. The number of hydrogen-bond donors (Lipinski definition) is 1. The molecule has 1 amide bonds. The van der Waals surface area contributed by atoms with Gasteiger partial charge in [0, 0.05) is 11.3 Å². The van der Waals surface area contributed by atoms with Crippen molar-refractivity contribution in [3.05, 3.63) is 81.0 Å². The Morgan fingerprint density at radius 2 is 1.67 bits per heavy atom. The van der Waals surface area contributed by atoms with Crippen molar-refractivity contribution in [3.8, 4) is 28.6 Å². The van der Waals surface area contributed by atoms with Crippen LogP contribution < -0.4 is 25.0 Å². The summed E-state index contributed by atoms with van der Waals surface area (Å²) < 4.78 is 22.9. The van der Waals surface area contributed by atoms with Gasteiger partial charge in [-0.15, -0.1) is 0 Å². The van der Waals surface area contributed by atoms with E-state index in [9.17, 15) is 9.59 Å². The highest BCUT2D eigenvalue weighted by atomic mass is 16.5. The molecule has 3 aromatic carbocycles. The van der Waals surface area contributed by atoms with Crippen molar-refractivity contribution in [2.45, 2.75) is 27.7 Å². The van der Waals surface area contributed by atoms with Gasteiger partial charge in [0.2, 0.25) is 11.2 Å². The highest BCUT2D eigenvalue weighted by molar-refractivity contribution is 5.93. The van der Waals surface area contributed by atoms with Crippen LogP contribution in [0.5, 0.6) is 17.2 Å². The topological polar surface area (TPSA) is 87.0 Å². The number of benzene rings is 3. The fourth-order valence-electron chi connectivity index (χ4n) is 4.14. The quantitative estimate of drug-likeness (QED) is 0.358. The average Bonchev–Trinajstić information content (AvgIpc) is 2.86. The number of aryl methyl sites for hydroxylation is 3. The Kier molecular flexibility index (Phi) is 7.01. The summed E-state index contributed by atoms with van der Waals surface area (Å²) in [6, 6.07) is 14.5. The Hall–Kier alpha value is -4.26. The van der Waals surface area contributed by atoms with Crippen LogP contribution in [0.15, 0.2) is 57.7 Å². The molecule has 0 aliphatic rings. The Morgan fingerprint density at radius 3 is 2.39 bits per heavy atom. The van der Waals surface area contributed by atoms with Gasteiger partial charge < -0.3 is 23.9 Å². The average molecular weight is 488 g/mol. The summed E-state index contributed by atoms with van der Waals surface area (Å²) in [6.45, 7) is 7.33. The van der Waals surface area contributed by atoms with Crippen LogP contribution in [0.4, 0.5) is 5.69 Å². The molecule has 7 heteroatoms. The third kappa shape index (κ3) is 4.77. The molecule has 186 valence electrons. The lowest BCUT2D eigenvalue weighted by molar-refractivity contribution is -0.118. The van der Waals surface area contributed by atoms with Gasteiger partial charge in [-0.05, 0) is 80.3 Å². The lowest BCUT2D eigenvalue weighted by atomic mass is 10.0. The molecule has 0 aliphatic heterocycles. The molecule has 0 unspecified atom stereocenters.